The van der Waals surface area contributed by atoms with Gasteiger partial charge in [0.15, 0.2) is 0 Å². The van der Waals surface area contributed by atoms with E-state index in [2.05, 4.69) is 10.3 Å². The molecule has 0 fully saturated rings. The summed E-state index contributed by atoms with van der Waals surface area (Å²) in [6.45, 7) is 1.94. The highest BCUT2D eigenvalue weighted by molar-refractivity contribution is 6.31. The number of nitrogens with zero attached hydrogens (tertiary/aromatic N) is 2. The van der Waals surface area contributed by atoms with Gasteiger partial charge in [-0.3, -0.25) is 0 Å². The molecule has 2 aromatic rings. The van der Waals surface area contributed by atoms with E-state index >= 15 is 0 Å². The maximum Gasteiger partial charge on any atom is 0.335 e. The van der Waals surface area contributed by atoms with Crippen molar-refractivity contribution in [1.29, 1.82) is 0 Å². The maximum absolute atomic E-state index is 11.1. The Morgan fingerprint density at radius 1 is 1.52 bits per heavy atom. The number of rotatable bonds is 3. The summed E-state index contributed by atoms with van der Waals surface area (Å²) in [5.41, 5.74) is 1.62. The molecule has 0 amide bonds. The minimum Gasteiger partial charge on any atom is -0.478 e. The first kappa shape index (κ1) is 13.7. The van der Waals surface area contributed by atoms with Gasteiger partial charge < -0.3 is 14.8 Å². The number of carbonyl (C=O) groups is 1. The SMILES string of the molecule is CC1(Cc2cc3cc(Cl)cn3cn2)C=C(C(=O)O)C=CN1. The first-order chi connectivity index (χ1) is 9.95. The summed E-state index contributed by atoms with van der Waals surface area (Å²) in [6, 6.07) is 3.81. The van der Waals surface area contributed by atoms with E-state index in [9.17, 15) is 4.79 Å². The average Bonchev–Trinajstić information content (AvgIpc) is 2.77. The third-order valence-corrected chi connectivity index (χ3v) is 3.66. The second-order valence-corrected chi connectivity index (χ2v) is 5.78. The topological polar surface area (TPSA) is 66.6 Å². The van der Waals surface area contributed by atoms with E-state index in [-0.39, 0.29) is 5.57 Å². The molecule has 1 atom stereocenters. The lowest BCUT2D eigenvalue weighted by Gasteiger charge is -2.29. The Labute approximate surface area is 126 Å². The number of carboxylic acids is 1. The second kappa shape index (κ2) is 4.93. The van der Waals surface area contributed by atoms with Crippen LogP contribution >= 0.6 is 11.6 Å². The van der Waals surface area contributed by atoms with Gasteiger partial charge in [0.05, 0.1) is 22.5 Å². The van der Waals surface area contributed by atoms with Gasteiger partial charge >= 0.3 is 5.97 Å². The quantitative estimate of drug-likeness (QED) is 0.914. The van der Waals surface area contributed by atoms with Gasteiger partial charge in [0.25, 0.3) is 0 Å². The van der Waals surface area contributed by atoms with Crippen molar-refractivity contribution < 1.29 is 9.90 Å². The van der Waals surface area contributed by atoms with E-state index in [1.807, 2.05) is 23.5 Å². The lowest BCUT2D eigenvalue weighted by atomic mass is 9.91. The zero-order valence-electron chi connectivity index (χ0n) is 11.4. The molecule has 1 aliphatic heterocycles. The maximum atomic E-state index is 11.1. The van der Waals surface area contributed by atoms with Gasteiger partial charge in [-0.15, -0.1) is 0 Å². The highest BCUT2D eigenvalue weighted by atomic mass is 35.5. The van der Waals surface area contributed by atoms with E-state index in [4.69, 9.17) is 16.7 Å². The van der Waals surface area contributed by atoms with Gasteiger partial charge in [-0.1, -0.05) is 11.6 Å². The number of dihydropyridines is 1. The highest BCUT2D eigenvalue weighted by Gasteiger charge is 2.26. The van der Waals surface area contributed by atoms with Crippen molar-refractivity contribution in [1.82, 2.24) is 14.7 Å². The molecule has 5 nitrogen and oxygen atoms in total. The zero-order chi connectivity index (χ0) is 15.0. The smallest absolute Gasteiger partial charge is 0.335 e. The van der Waals surface area contributed by atoms with Gasteiger partial charge in [-0.05, 0) is 37.4 Å². The summed E-state index contributed by atoms with van der Waals surface area (Å²) in [5.74, 6) is -0.930. The first-order valence-corrected chi connectivity index (χ1v) is 6.86. The second-order valence-electron chi connectivity index (χ2n) is 5.35. The van der Waals surface area contributed by atoms with Crippen molar-refractivity contribution in [2.24, 2.45) is 0 Å². The molecule has 0 bridgehead atoms. The van der Waals surface area contributed by atoms with Crippen LogP contribution in [0.25, 0.3) is 5.52 Å². The number of aliphatic carboxylic acids is 1. The Hall–Kier alpha value is -2.27. The van der Waals surface area contributed by atoms with E-state index in [0.29, 0.717) is 11.4 Å². The molecule has 1 unspecified atom stereocenters. The van der Waals surface area contributed by atoms with Gasteiger partial charge in [-0.25, -0.2) is 9.78 Å². The fourth-order valence-electron chi connectivity index (χ4n) is 2.48. The molecular formula is C15H14ClN3O2. The van der Waals surface area contributed by atoms with Crippen molar-refractivity contribution in [3.05, 3.63) is 59.3 Å². The van der Waals surface area contributed by atoms with E-state index < -0.39 is 11.5 Å². The van der Waals surface area contributed by atoms with Crippen LogP contribution in [0.4, 0.5) is 0 Å². The van der Waals surface area contributed by atoms with E-state index in [0.717, 1.165) is 11.2 Å². The lowest BCUT2D eigenvalue weighted by Crippen LogP contribution is -2.41. The van der Waals surface area contributed by atoms with Crippen LogP contribution in [0.3, 0.4) is 0 Å². The van der Waals surface area contributed by atoms with Gasteiger partial charge in [0.2, 0.25) is 0 Å². The summed E-state index contributed by atoms with van der Waals surface area (Å²) in [7, 11) is 0. The number of aromatic nitrogens is 2. The summed E-state index contributed by atoms with van der Waals surface area (Å²) >= 11 is 5.96. The summed E-state index contributed by atoms with van der Waals surface area (Å²) in [5, 5.41) is 12.9. The monoisotopic (exact) mass is 303 g/mol. The molecule has 21 heavy (non-hydrogen) atoms. The van der Waals surface area contributed by atoms with Crippen LogP contribution in [0.5, 0.6) is 0 Å². The fraction of sp³-hybridized carbons (Fsp3) is 0.200. The third kappa shape index (κ3) is 2.78. The number of fused-ring (bicyclic) bond motifs is 1. The number of halogens is 1. The lowest BCUT2D eigenvalue weighted by molar-refractivity contribution is -0.132. The minimum absolute atomic E-state index is 0.281. The highest BCUT2D eigenvalue weighted by Crippen LogP contribution is 2.21. The van der Waals surface area contributed by atoms with Crippen molar-refractivity contribution in [2.45, 2.75) is 18.9 Å². The van der Waals surface area contributed by atoms with Crippen molar-refractivity contribution in [3.63, 3.8) is 0 Å². The van der Waals surface area contributed by atoms with Crippen LogP contribution in [-0.2, 0) is 11.2 Å². The number of hydrogen-bond donors (Lipinski definition) is 2. The van der Waals surface area contributed by atoms with Crippen LogP contribution in [-0.4, -0.2) is 26.0 Å². The largest absolute Gasteiger partial charge is 0.478 e. The molecule has 0 radical (unpaired) electrons. The molecular weight excluding hydrogens is 290 g/mol. The van der Waals surface area contributed by atoms with Crippen molar-refractivity contribution in [3.8, 4) is 0 Å². The Morgan fingerprint density at radius 3 is 3.10 bits per heavy atom. The van der Waals surface area contributed by atoms with Crippen molar-refractivity contribution >= 4 is 23.1 Å². The normalized spacial score (nSPS) is 21.1. The predicted molar refractivity (Wildman–Crippen MR) is 80.3 cm³/mol. The van der Waals surface area contributed by atoms with Crippen LogP contribution in [0, 0.1) is 0 Å². The molecule has 0 spiro atoms. The van der Waals surface area contributed by atoms with Gasteiger partial charge in [-0.2, -0.15) is 0 Å². The predicted octanol–water partition coefficient (Wildman–Crippen LogP) is 2.42. The Balaban J connectivity index is 1.90. The van der Waals surface area contributed by atoms with Crippen molar-refractivity contribution in [2.75, 3.05) is 0 Å². The molecule has 3 rings (SSSR count). The molecule has 0 saturated heterocycles. The molecule has 6 heteroatoms. The average molecular weight is 304 g/mol. The standard InChI is InChI=1S/C15H14ClN3O2/c1-15(6-10(14(20)21)2-3-18-15)7-12-5-13-4-11(16)8-19(13)9-17-12/h2-6,8-9,18H,7H2,1H3,(H,20,21). The summed E-state index contributed by atoms with van der Waals surface area (Å²) < 4.78 is 1.85. The van der Waals surface area contributed by atoms with E-state index in [1.54, 1.807) is 30.9 Å². The molecule has 2 aromatic heterocycles. The Morgan fingerprint density at radius 2 is 2.33 bits per heavy atom. The van der Waals surface area contributed by atoms with E-state index in [1.165, 1.54) is 0 Å². The molecule has 0 aromatic carbocycles. The molecule has 3 heterocycles. The number of nitrogens with one attached hydrogen (secondary N) is 1. The number of carboxylic acid groups (broad SMARTS) is 1. The molecule has 1 aliphatic rings. The molecule has 2 N–H and O–H groups in total. The first-order valence-electron chi connectivity index (χ1n) is 6.48. The Kier molecular flexibility index (Phi) is 3.22. The van der Waals surface area contributed by atoms with Crippen LogP contribution in [0.2, 0.25) is 5.02 Å². The van der Waals surface area contributed by atoms with Gasteiger partial charge in [0, 0.05) is 23.8 Å². The van der Waals surface area contributed by atoms with Crippen LogP contribution < -0.4 is 5.32 Å². The zero-order valence-corrected chi connectivity index (χ0v) is 12.1. The van der Waals surface area contributed by atoms with Crippen LogP contribution in [0.1, 0.15) is 12.6 Å². The Bertz CT molecular complexity index is 778. The van der Waals surface area contributed by atoms with Gasteiger partial charge in [0.1, 0.15) is 0 Å². The summed E-state index contributed by atoms with van der Waals surface area (Å²) in [4.78, 5) is 15.5. The molecule has 0 saturated carbocycles. The summed E-state index contributed by atoms with van der Waals surface area (Å²) in [6.07, 6.45) is 9.00. The number of hydrogen-bond acceptors (Lipinski definition) is 3. The minimum atomic E-state index is -0.930. The molecule has 0 aliphatic carbocycles. The molecule has 108 valence electrons. The fourth-order valence-corrected chi connectivity index (χ4v) is 2.70. The third-order valence-electron chi connectivity index (χ3n) is 3.45. The van der Waals surface area contributed by atoms with Crippen LogP contribution in [0.15, 0.2) is 48.6 Å².